The van der Waals surface area contributed by atoms with Crippen molar-refractivity contribution >= 4 is 38.8 Å². The van der Waals surface area contributed by atoms with E-state index < -0.39 is 10.8 Å². The van der Waals surface area contributed by atoms with Gasteiger partial charge in [-0.05, 0) is 30.5 Å². The van der Waals surface area contributed by atoms with Crippen molar-refractivity contribution in [2.24, 2.45) is 0 Å². The number of hydrogen-bond acceptors (Lipinski definition) is 6. The van der Waals surface area contributed by atoms with Crippen LogP contribution in [-0.4, -0.2) is 20.4 Å². The highest BCUT2D eigenvalue weighted by molar-refractivity contribution is 7.20. The summed E-state index contributed by atoms with van der Waals surface area (Å²) in [5, 5.41) is 14.2. The van der Waals surface area contributed by atoms with Crippen molar-refractivity contribution in [2.45, 2.75) is 20.4 Å². The quantitative estimate of drug-likeness (QED) is 0.373. The molecule has 0 atom stereocenters. The van der Waals surface area contributed by atoms with Gasteiger partial charge in [0, 0.05) is 12.1 Å². The summed E-state index contributed by atoms with van der Waals surface area (Å²) >= 11 is 1.13. The molecule has 0 fully saturated rings. The van der Waals surface area contributed by atoms with Crippen LogP contribution in [-0.2, 0) is 6.54 Å². The van der Waals surface area contributed by atoms with E-state index in [4.69, 9.17) is 0 Å². The number of nitrogens with zero attached hydrogens (tertiary/aromatic N) is 3. The number of carbonyl (C=O) groups is 1. The van der Waals surface area contributed by atoms with Gasteiger partial charge in [-0.25, -0.2) is 4.98 Å². The average Bonchev–Trinajstić information content (AvgIpc) is 3.09. The molecule has 4 aromatic rings. The van der Waals surface area contributed by atoms with Crippen LogP contribution in [0.4, 0.5) is 11.4 Å². The Hall–Kier alpha value is -3.85. The van der Waals surface area contributed by atoms with Crippen LogP contribution in [0.2, 0.25) is 0 Å². The number of thiophene rings is 1. The third-order valence-corrected chi connectivity index (χ3v) is 6.20. The maximum atomic E-state index is 13.0. The summed E-state index contributed by atoms with van der Waals surface area (Å²) in [6, 6.07) is 13.9. The molecule has 2 aromatic heterocycles. The van der Waals surface area contributed by atoms with Crippen molar-refractivity contribution in [3.05, 3.63) is 96.9 Å². The number of fused-ring (bicyclic) bond motifs is 1. The number of non-ortho nitro benzene ring substituents is 1. The molecule has 1 amide bonds. The van der Waals surface area contributed by atoms with Crippen LogP contribution in [0.1, 0.15) is 26.4 Å². The summed E-state index contributed by atoms with van der Waals surface area (Å²) in [5.41, 5.74) is 2.23. The number of benzene rings is 2. The first-order valence-corrected chi connectivity index (χ1v) is 10.3. The number of carbonyl (C=O) groups excluding carboxylic acids is 1. The van der Waals surface area contributed by atoms with Crippen LogP contribution in [0.5, 0.6) is 0 Å². The molecule has 31 heavy (non-hydrogen) atoms. The van der Waals surface area contributed by atoms with E-state index in [1.807, 2.05) is 30.3 Å². The van der Waals surface area contributed by atoms with E-state index in [1.165, 1.54) is 23.0 Å². The first-order valence-electron chi connectivity index (χ1n) is 9.44. The van der Waals surface area contributed by atoms with Crippen molar-refractivity contribution in [3.63, 3.8) is 0 Å². The number of aryl methyl sites for hydroxylation is 2. The maximum absolute atomic E-state index is 13.0. The molecule has 1 N–H and O–H groups in total. The number of hydrogen-bond donors (Lipinski definition) is 1. The molecule has 0 saturated carbocycles. The van der Waals surface area contributed by atoms with E-state index >= 15 is 0 Å². The van der Waals surface area contributed by atoms with E-state index in [0.717, 1.165) is 16.9 Å². The van der Waals surface area contributed by atoms with Gasteiger partial charge in [0.1, 0.15) is 4.83 Å². The summed E-state index contributed by atoms with van der Waals surface area (Å²) in [6.07, 6.45) is 1.49. The lowest BCUT2D eigenvalue weighted by atomic mass is 10.1. The highest BCUT2D eigenvalue weighted by atomic mass is 32.1. The number of aromatic nitrogens is 2. The Morgan fingerprint density at radius 1 is 1.19 bits per heavy atom. The lowest BCUT2D eigenvalue weighted by molar-refractivity contribution is -0.384. The van der Waals surface area contributed by atoms with Gasteiger partial charge in [-0.15, -0.1) is 11.3 Å². The molecule has 0 aliphatic carbocycles. The van der Waals surface area contributed by atoms with Crippen LogP contribution in [0, 0.1) is 24.0 Å². The van der Waals surface area contributed by atoms with Crippen molar-refractivity contribution < 1.29 is 9.72 Å². The molecule has 4 rings (SSSR count). The van der Waals surface area contributed by atoms with E-state index in [-0.39, 0.29) is 11.2 Å². The summed E-state index contributed by atoms with van der Waals surface area (Å²) in [6.45, 7) is 3.84. The smallest absolute Gasteiger partial charge is 0.271 e. The number of amides is 1. The van der Waals surface area contributed by atoms with Crippen molar-refractivity contribution in [2.75, 3.05) is 5.32 Å². The molecule has 0 radical (unpaired) electrons. The summed E-state index contributed by atoms with van der Waals surface area (Å²) < 4.78 is 1.52. The highest BCUT2D eigenvalue weighted by Crippen LogP contribution is 2.29. The predicted octanol–water partition coefficient (Wildman–Crippen LogP) is 4.28. The Balaban J connectivity index is 1.69. The second kappa shape index (κ2) is 8.11. The number of anilines is 1. The van der Waals surface area contributed by atoms with Gasteiger partial charge in [0.25, 0.3) is 17.2 Å². The normalized spacial score (nSPS) is 10.9. The SMILES string of the molecule is Cc1ccc([N+](=O)[O-])cc1NC(=O)c1sc2ncn(Cc3ccccc3)c(=O)c2c1C. The van der Waals surface area contributed by atoms with Gasteiger partial charge < -0.3 is 5.32 Å². The maximum Gasteiger partial charge on any atom is 0.271 e. The first-order chi connectivity index (χ1) is 14.8. The van der Waals surface area contributed by atoms with Gasteiger partial charge in [0.15, 0.2) is 0 Å². The van der Waals surface area contributed by atoms with Gasteiger partial charge in [-0.1, -0.05) is 36.4 Å². The minimum atomic E-state index is -0.515. The number of nitrogens with one attached hydrogen (secondary N) is 1. The van der Waals surface area contributed by atoms with Crippen molar-refractivity contribution in [1.82, 2.24) is 9.55 Å². The van der Waals surface area contributed by atoms with Gasteiger partial charge in [0.2, 0.25) is 0 Å². The summed E-state index contributed by atoms with van der Waals surface area (Å²) in [4.78, 5) is 41.7. The van der Waals surface area contributed by atoms with Gasteiger partial charge >= 0.3 is 0 Å². The monoisotopic (exact) mass is 434 g/mol. The van der Waals surface area contributed by atoms with E-state index in [9.17, 15) is 19.7 Å². The fraction of sp³-hybridized carbons (Fsp3) is 0.136. The van der Waals surface area contributed by atoms with Crippen LogP contribution < -0.4 is 10.9 Å². The molecule has 9 heteroatoms. The molecule has 0 bridgehead atoms. The zero-order valence-electron chi connectivity index (χ0n) is 16.8. The minimum absolute atomic E-state index is 0.112. The topological polar surface area (TPSA) is 107 Å². The lowest BCUT2D eigenvalue weighted by Gasteiger charge is -2.08. The highest BCUT2D eigenvalue weighted by Gasteiger charge is 2.21. The van der Waals surface area contributed by atoms with Crippen molar-refractivity contribution in [1.29, 1.82) is 0 Å². The third-order valence-electron chi connectivity index (χ3n) is 5.00. The Morgan fingerprint density at radius 3 is 2.65 bits per heavy atom. The average molecular weight is 434 g/mol. The van der Waals surface area contributed by atoms with Gasteiger partial charge in [-0.3, -0.25) is 24.3 Å². The molecule has 156 valence electrons. The van der Waals surface area contributed by atoms with Gasteiger partial charge in [0.05, 0.1) is 33.7 Å². The van der Waals surface area contributed by atoms with E-state index in [1.54, 1.807) is 19.9 Å². The van der Waals surface area contributed by atoms with Gasteiger partial charge in [-0.2, -0.15) is 0 Å². The molecular formula is C22H18N4O4S. The Morgan fingerprint density at radius 2 is 1.94 bits per heavy atom. The lowest BCUT2D eigenvalue weighted by Crippen LogP contribution is -2.21. The number of nitro groups is 1. The zero-order chi connectivity index (χ0) is 22.1. The number of rotatable bonds is 5. The molecule has 8 nitrogen and oxygen atoms in total. The molecular weight excluding hydrogens is 416 g/mol. The van der Waals surface area contributed by atoms with Crippen LogP contribution in [0.15, 0.2) is 59.7 Å². The Bertz CT molecular complexity index is 1380. The Labute approximate surface area is 181 Å². The first kappa shape index (κ1) is 20.4. The molecule has 0 spiro atoms. The summed E-state index contributed by atoms with van der Waals surface area (Å²) in [5.74, 6) is -0.432. The molecule has 0 aliphatic rings. The van der Waals surface area contributed by atoms with Crippen LogP contribution in [0.3, 0.4) is 0 Å². The molecule has 2 aromatic carbocycles. The van der Waals surface area contributed by atoms with Crippen molar-refractivity contribution in [3.8, 4) is 0 Å². The minimum Gasteiger partial charge on any atom is -0.321 e. The van der Waals surface area contributed by atoms with E-state index in [2.05, 4.69) is 10.3 Å². The standard InChI is InChI=1S/C22H18N4O4S/c1-13-8-9-16(26(29)30)10-17(13)24-20(27)19-14(2)18-21(31-19)23-12-25(22(18)28)11-15-6-4-3-5-7-15/h3-10,12H,11H2,1-2H3,(H,24,27). The Kier molecular flexibility index (Phi) is 5.35. The fourth-order valence-corrected chi connectivity index (χ4v) is 4.34. The predicted molar refractivity (Wildman–Crippen MR) is 120 cm³/mol. The van der Waals surface area contributed by atoms with Crippen LogP contribution >= 0.6 is 11.3 Å². The number of nitro benzene ring substituents is 1. The molecule has 0 unspecified atom stereocenters. The zero-order valence-corrected chi connectivity index (χ0v) is 17.6. The molecule has 0 aliphatic heterocycles. The molecule has 2 heterocycles. The molecule has 0 saturated heterocycles. The fourth-order valence-electron chi connectivity index (χ4n) is 3.31. The second-order valence-electron chi connectivity index (χ2n) is 7.11. The summed E-state index contributed by atoms with van der Waals surface area (Å²) in [7, 11) is 0. The second-order valence-corrected chi connectivity index (χ2v) is 8.11. The van der Waals surface area contributed by atoms with E-state index in [0.29, 0.717) is 38.5 Å². The van der Waals surface area contributed by atoms with Crippen LogP contribution in [0.25, 0.3) is 10.2 Å². The largest absolute Gasteiger partial charge is 0.321 e. The third kappa shape index (κ3) is 3.95.